The molecule has 1 N–H and O–H groups in total. The van der Waals surface area contributed by atoms with Crippen molar-refractivity contribution in [2.24, 2.45) is 5.92 Å². The molecular weight excluding hydrogens is 285 g/mol. The van der Waals surface area contributed by atoms with E-state index in [-0.39, 0.29) is 12.3 Å². The second kappa shape index (κ2) is 6.81. The molecule has 0 aliphatic heterocycles. The first-order valence-corrected chi connectivity index (χ1v) is 7.61. The molecule has 20 heavy (non-hydrogen) atoms. The van der Waals surface area contributed by atoms with Gasteiger partial charge < -0.3 is 4.74 Å². The van der Waals surface area contributed by atoms with Crippen molar-refractivity contribution in [3.8, 4) is 0 Å². The summed E-state index contributed by atoms with van der Waals surface area (Å²) in [6.45, 7) is 3.68. The zero-order valence-electron chi connectivity index (χ0n) is 11.6. The molecule has 1 aromatic carbocycles. The number of rotatable bonds is 6. The highest BCUT2D eigenvalue weighted by Gasteiger charge is 2.28. The van der Waals surface area contributed by atoms with E-state index >= 15 is 0 Å². The first kappa shape index (κ1) is 16.6. The zero-order valence-corrected chi connectivity index (χ0v) is 12.4. The Morgan fingerprint density at radius 1 is 1.35 bits per heavy atom. The van der Waals surface area contributed by atoms with Gasteiger partial charge in [0.05, 0.1) is 7.11 Å². The molecule has 0 aliphatic rings. The van der Waals surface area contributed by atoms with Gasteiger partial charge in [-0.15, -0.1) is 0 Å². The van der Waals surface area contributed by atoms with Gasteiger partial charge in [-0.25, -0.2) is 12.8 Å². The van der Waals surface area contributed by atoms with Crippen LogP contribution in [-0.2, 0) is 19.6 Å². The van der Waals surface area contributed by atoms with Crippen LogP contribution in [-0.4, -0.2) is 27.5 Å². The van der Waals surface area contributed by atoms with Crippen molar-refractivity contribution < 1.29 is 22.3 Å². The smallest absolute Gasteiger partial charge is 0.323 e. The molecule has 0 saturated heterocycles. The Morgan fingerprint density at radius 2 is 1.95 bits per heavy atom. The fourth-order valence-corrected chi connectivity index (χ4v) is 3.00. The summed E-state index contributed by atoms with van der Waals surface area (Å²) in [6.07, 6.45) is 0.264. The molecule has 0 aromatic heterocycles. The summed E-state index contributed by atoms with van der Waals surface area (Å²) >= 11 is 0. The third kappa shape index (κ3) is 4.28. The molecule has 0 amide bonds. The lowest BCUT2D eigenvalue weighted by Crippen LogP contribution is -2.42. The number of benzene rings is 1. The largest absolute Gasteiger partial charge is 0.468 e. The highest BCUT2D eigenvalue weighted by atomic mass is 32.2. The third-order valence-corrected chi connectivity index (χ3v) is 4.12. The maximum absolute atomic E-state index is 13.5. The van der Waals surface area contributed by atoms with E-state index in [9.17, 15) is 17.6 Å². The second-order valence-corrected chi connectivity index (χ2v) is 6.44. The van der Waals surface area contributed by atoms with Crippen LogP contribution in [0.5, 0.6) is 0 Å². The number of halogens is 1. The van der Waals surface area contributed by atoms with Crippen molar-refractivity contribution in [1.29, 1.82) is 0 Å². The van der Waals surface area contributed by atoms with Gasteiger partial charge in [-0.05, 0) is 24.5 Å². The molecule has 1 atom stereocenters. The van der Waals surface area contributed by atoms with Gasteiger partial charge in [0.25, 0.3) is 0 Å². The molecule has 1 aromatic rings. The molecule has 5 nitrogen and oxygen atoms in total. The predicted octanol–water partition coefficient (Wildman–Crippen LogP) is 1.69. The van der Waals surface area contributed by atoms with Crippen LogP contribution in [0.15, 0.2) is 29.2 Å². The van der Waals surface area contributed by atoms with Gasteiger partial charge >= 0.3 is 5.97 Å². The first-order valence-electron chi connectivity index (χ1n) is 6.12. The molecule has 112 valence electrons. The maximum atomic E-state index is 13.5. The van der Waals surface area contributed by atoms with E-state index in [4.69, 9.17) is 0 Å². The molecular formula is C13H18FNO4S. The number of hydrogen-bond acceptors (Lipinski definition) is 4. The minimum atomic E-state index is -4.12. The van der Waals surface area contributed by atoms with Crippen LogP contribution in [0.3, 0.4) is 0 Å². The zero-order chi connectivity index (χ0) is 15.3. The maximum Gasteiger partial charge on any atom is 0.323 e. The van der Waals surface area contributed by atoms with Gasteiger partial charge in [-0.2, -0.15) is 4.72 Å². The van der Waals surface area contributed by atoms with Crippen LogP contribution in [0.4, 0.5) is 4.39 Å². The molecule has 0 spiro atoms. The summed E-state index contributed by atoms with van der Waals surface area (Å²) < 4.78 is 44.5. The summed E-state index contributed by atoms with van der Waals surface area (Å²) in [5.41, 5.74) is 0. The van der Waals surface area contributed by atoms with Crippen molar-refractivity contribution in [3.05, 3.63) is 30.1 Å². The van der Waals surface area contributed by atoms with Gasteiger partial charge in [0.1, 0.15) is 16.8 Å². The topological polar surface area (TPSA) is 72.5 Å². The number of ether oxygens (including phenoxy) is 1. The quantitative estimate of drug-likeness (QED) is 0.812. The highest BCUT2D eigenvalue weighted by Crippen LogP contribution is 2.16. The molecule has 0 fully saturated rings. The van der Waals surface area contributed by atoms with E-state index in [0.717, 1.165) is 12.1 Å². The molecule has 0 radical (unpaired) electrons. The normalized spacial score (nSPS) is 13.2. The Kier molecular flexibility index (Phi) is 5.64. The molecule has 0 saturated carbocycles. The van der Waals surface area contributed by atoms with Gasteiger partial charge in [-0.1, -0.05) is 26.0 Å². The monoisotopic (exact) mass is 303 g/mol. The predicted molar refractivity (Wildman–Crippen MR) is 72.0 cm³/mol. The SMILES string of the molecule is COC(=O)C(CC(C)C)NS(=O)(=O)c1ccccc1F. The summed E-state index contributed by atoms with van der Waals surface area (Å²) in [6, 6.07) is 3.95. The van der Waals surface area contributed by atoms with Crippen LogP contribution in [0.1, 0.15) is 20.3 Å². The lowest BCUT2D eigenvalue weighted by Gasteiger charge is -2.18. The van der Waals surface area contributed by atoms with Gasteiger partial charge in [0.2, 0.25) is 10.0 Å². The lowest BCUT2D eigenvalue weighted by molar-refractivity contribution is -0.143. The Morgan fingerprint density at radius 3 is 2.45 bits per heavy atom. The molecule has 1 unspecified atom stereocenters. The molecule has 1 rings (SSSR count). The fourth-order valence-electron chi connectivity index (χ4n) is 1.72. The van der Waals surface area contributed by atoms with Crippen LogP contribution in [0.25, 0.3) is 0 Å². The van der Waals surface area contributed by atoms with Crippen molar-refractivity contribution in [2.45, 2.75) is 31.2 Å². The summed E-state index contributed by atoms with van der Waals surface area (Å²) in [4.78, 5) is 11.1. The fraction of sp³-hybridized carbons (Fsp3) is 0.462. The second-order valence-electron chi connectivity index (χ2n) is 4.76. The van der Waals surface area contributed by atoms with E-state index in [0.29, 0.717) is 0 Å². The third-order valence-electron chi connectivity index (χ3n) is 2.62. The average Bonchev–Trinajstić information content (AvgIpc) is 2.36. The van der Waals surface area contributed by atoms with E-state index < -0.39 is 32.7 Å². The van der Waals surface area contributed by atoms with Crippen LogP contribution in [0.2, 0.25) is 0 Å². The summed E-state index contributed by atoms with van der Waals surface area (Å²) in [5, 5.41) is 0. The van der Waals surface area contributed by atoms with Crippen LogP contribution in [0, 0.1) is 11.7 Å². The number of sulfonamides is 1. The van der Waals surface area contributed by atoms with Crippen molar-refractivity contribution in [3.63, 3.8) is 0 Å². The van der Waals surface area contributed by atoms with Crippen molar-refractivity contribution in [1.82, 2.24) is 4.72 Å². The van der Waals surface area contributed by atoms with E-state index in [1.165, 1.54) is 19.2 Å². The molecule has 0 aliphatic carbocycles. The number of carbonyl (C=O) groups is 1. The minimum absolute atomic E-state index is 0.0717. The van der Waals surface area contributed by atoms with E-state index in [1.807, 2.05) is 13.8 Å². The van der Waals surface area contributed by atoms with Crippen LogP contribution >= 0.6 is 0 Å². The van der Waals surface area contributed by atoms with Crippen molar-refractivity contribution in [2.75, 3.05) is 7.11 Å². The number of nitrogens with one attached hydrogen (secondary N) is 1. The molecule has 7 heteroatoms. The lowest BCUT2D eigenvalue weighted by atomic mass is 10.1. The average molecular weight is 303 g/mol. The Bertz CT molecular complexity index is 571. The summed E-state index contributed by atoms with van der Waals surface area (Å²) in [5.74, 6) is -1.49. The number of hydrogen-bond donors (Lipinski definition) is 1. The standard InChI is InChI=1S/C13H18FNO4S/c1-9(2)8-11(13(16)19-3)15-20(17,18)12-7-5-4-6-10(12)14/h4-7,9,11,15H,8H2,1-3H3. The minimum Gasteiger partial charge on any atom is -0.468 e. The Balaban J connectivity index is 3.03. The Labute approximate surface area is 118 Å². The molecule has 0 bridgehead atoms. The van der Waals surface area contributed by atoms with Gasteiger partial charge in [-0.3, -0.25) is 4.79 Å². The van der Waals surface area contributed by atoms with Gasteiger partial charge in [0.15, 0.2) is 0 Å². The van der Waals surface area contributed by atoms with E-state index in [1.54, 1.807) is 0 Å². The van der Waals surface area contributed by atoms with Crippen LogP contribution < -0.4 is 4.72 Å². The Hall–Kier alpha value is -1.47. The van der Waals surface area contributed by atoms with E-state index in [2.05, 4.69) is 9.46 Å². The number of methoxy groups -OCH3 is 1. The molecule has 0 heterocycles. The first-order chi connectivity index (χ1) is 9.27. The number of esters is 1. The summed E-state index contributed by atoms with van der Waals surface area (Å²) in [7, 11) is -2.94. The number of carbonyl (C=O) groups excluding carboxylic acids is 1. The van der Waals surface area contributed by atoms with Gasteiger partial charge in [0, 0.05) is 0 Å². The highest BCUT2D eigenvalue weighted by molar-refractivity contribution is 7.89. The van der Waals surface area contributed by atoms with Crippen molar-refractivity contribution >= 4 is 16.0 Å².